The second kappa shape index (κ2) is 4.84. The first-order valence-electron chi connectivity index (χ1n) is 5.40. The number of alkyl halides is 1. The van der Waals surface area contributed by atoms with E-state index in [4.69, 9.17) is 11.6 Å². The van der Waals surface area contributed by atoms with Crippen molar-refractivity contribution in [2.75, 3.05) is 0 Å². The summed E-state index contributed by atoms with van der Waals surface area (Å²) in [6.07, 6.45) is 0. The van der Waals surface area contributed by atoms with Crippen molar-refractivity contribution >= 4 is 11.6 Å². The summed E-state index contributed by atoms with van der Waals surface area (Å²) >= 11 is 5.83. The average molecular weight is 254 g/mol. The number of hydrogen-bond acceptors (Lipinski definition) is 2. The normalized spacial score (nSPS) is 11.1. The van der Waals surface area contributed by atoms with E-state index in [2.05, 4.69) is 24.2 Å². The van der Waals surface area contributed by atoms with E-state index in [9.17, 15) is 4.39 Å². The molecule has 0 aliphatic carbocycles. The van der Waals surface area contributed by atoms with Crippen LogP contribution in [-0.2, 0) is 5.88 Å². The fourth-order valence-electron chi connectivity index (χ4n) is 1.77. The van der Waals surface area contributed by atoms with Crippen molar-refractivity contribution in [2.45, 2.75) is 25.6 Å². The Kier molecular flexibility index (Phi) is 3.43. The number of hydrogen-bond donors (Lipinski definition) is 0. The van der Waals surface area contributed by atoms with Gasteiger partial charge >= 0.3 is 0 Å². The van der Waals surface area contributed by atoms with Crippen molar-refractivity contribution in [3.63, 3.8) is 0 Å². The third-order valence-electron chi connectivity index (χ3n) is 2.52. The van der Waals surface area contributed by atoms with E-state index in [-0.39, 0.29) is 11.7 Å². The minimum Gasteiger partial charge on any atom is -0.217 e. The lowest BCUT2D eigenvalue weighted by molar-refractivity contribution is 0.626. The van der Waals surface area contributed by atoms with Gasteiger partial charge in [0.25, 0.3) is 0 Å². The Morgan fingerprint density at radius 2 is 1.94 bits per heavy atom. The zero-order valence-electron chi connectivity index (χ0n) is 9.69. The van der Waals surface area contributed by atoms with Gasteiger partial charge in [-0.1, -0.05) is 19.1 Å². The Morgan fingerprint density at radius 1 is 1.29 bits per heavy atom. The van der Waals surface area contributed by atoms with E-state index in [1.165, 1.54) is 12.1 Å². The van der Waals surface area contributed by atoms with Crippen LogP contribution in [-0.4, -0.2) is 15.0 Å². The minimum atomic E-state index is -0.266. The first-order valence-corrected chi connectivity index (χ1v) is 5.93. The second-order valence-corrected chi connectivity index (χ2v) is 4.37. The fraction of sp³-hybridized carbons (Fsp3) is 0.333. The molecule has 0 bridgehead atoms. The summed E-state index contributed by atoms with van der Waals surface area (Å²) in [5.74, 6) is 0.315. The van der Waals surface area contributed by atoms with Crippen LogP contribution >= 0.6 is 11.6 Å². The van der Waals surface area contributed by atoms with Crippen molar-refractivity contribution in [1.29, 1.82) is 0 Å². The monoisotopic (exact) mass is 253 g/mol. The van der Waals surface area contributed by atoms with Gasteiger partial charge < -0.3 is 0 Å². The highest BCUT2D eigenvalue weighted by Crippen LogP contribution is 2.22. The van der Waals surface area contributed by atoms with E-state index < -0.39 is 0 Å². The van der Waals surface area contributed by atoms with E-state index in [1.54, 1.807) is 16.8 Å². The van der Waals surface area contributed by atoms with Crippen LogP contribution in [0, 0.1) is 5.82 Å². The molecule has 1 heterocycles. The molecule has 17 heavy (non-hydrogen) atoms. The lowest BCUT2D eigenvalue weighted by atomic mass is 10.1. The molecule has 2 aromatic rings. The highest BCUT2D eigenvalue weighted by molar-refractivity contribution is 6.16. The van der Waals surface area contributed by atoms with Gasteiger partial charge in [0.05, 0.1) is 17.3 Å². The molecule has 0 radical (unpaired) electrons. The summed E-state index contributed by atoms with van der Waals surface area (Å²) in [5.41, 5.74) is 2.52. The van der Waals surface area contributed by atoms with Gasteiger partial charge in [-0.2, -0.15) is 0 Å². The van der Waals surface area contributed by atoms with Crippen LogP contribution in [0.15, 0.2) is 24.3 Å². The van der Waals surface area contributed by atoms with Gasteiger partial charge in [-0.3, -0.25) is 0 Å². The molecule has 0 N–H and O–H groups in total. The van der Waals surface area contributed by atoms with E-state index >= 15 is 0 Å². The van der Waals surface area contributed by atoms with Crippen LogP contribution in [0.1, 0.15) is 31.2 Å². The first kappa shape index (κ1) is 12.0. The van der Waals surface area contributed by atoms with Crippen LogP contribution in [0.2, 0.25) is 0 Å². The number of aromatic nitrogens is 3. The highest BCUT2D eigenvalue weighted by Gasteiger charge is 2.16. The van der Waals surface area contributed by atoms with E-state index in [1.807, 2.05) is 0 Å². The summed E-state index contributed by atoms with van der Waals surface area (Å²) in [7, 11) is 0. The van der Waals surface area contributed by atoms with Gasteiger partial charge in [0.1, 0.15) is 11.5 Å². The zero-order valence-corrected chi connectivity index (χ0v) is 10.4. The predicted molar refractivity (Wildman–Crippen MR) is 65.0 cm³/mol. The number of benzene rings is 1. The Labute approximate surface area is 104 Å². The van der Waals surface area contributed by atoms with Gasteiger partial charge in [0.15, 0.2) is 0 Å². The van der Waals surface area contributed by atoms with Crippen LogP contribution in [0.25, 0.3) is 5.69 Å². The van der Waals surface area contributed by atoms with Crippen molar-refractivity contribution in [3.05, 3.63) is 41.5 Å². The molecule has 90 valence electrons. The maximum absolute atomic E-state index is 12.9. The van der Waals surface area contributed by atoms with E-state index in [0.717, 1.165) is 17.1 Å². The summed E-state index contributed by atoms with van der Waals surface area (Å²) in [6.45, 7) is 4.10. The van der Waals surface area contributed by atoms with Crippen molar-refractivity contribution in [3.8, 4) is 5.69 Å². The highest BCUT2D eigenvalue weighted by atomic mass is 35.5. The molecule has 0 unspecified atom stereocenters. The zero-order chi connectivity index (χ0) is 12.4. The predicted octanol–water partition coefficient (Wildman–Crippen LogP) is 3.27. The van der Waals surface area contributed by atoms with Crippen molar-refractivity contribution in [2.24, 2.45) is 0 Å². The molecule has 1 aromatic heterocycles. The maximum atomic E-state index is 12.9. The lowest BCUT2D eigenvalue weighted by Gasteiger charge is -2.10. The molecule has 0 saturated carbocycles. The molecule has 0 atom stereocenters. The standard InChI is InChI=1S/C12H13ClFN3/c1-8(2)12-11(7-13)15-16-17(12)10-5-3-9(14)4-6-10/h3-6,8H,7H2,1-2H3. The molecule has 0 saturated heterocycles. The summed E-state index contributed by atoms with van der Waals surface area (Å²) < 4.78 is 14.6. The van der Waals surface area contributed by atoms with Crippen LogP contribution in [0.3, 0.4) is 0 Å². The summed E-state index contributed by atoms with van der Waals surface area (Å²) in [4.78, 5) is 0. The van der Waals surface area contributed by atoms with Gasteiger partial charge in [0, 0.05) is 0 Å². The Morgan fingerprint density at radius 3 is 2.47 bits per heavy atom. The Hall–Kier alpha value is -1.42. The third kappa shape index (κ3) is 2.31. The van der Waals surface area contributed by atoms with Gasteiger partial charge in [-0.25, -0.2) is 9.07 Å². The molecule has 5 heteroatoms. The van der Waals surface area contributed by atoms with Crippen LogP contribution < -0.4 is 0 Å². The number of rotatable bonds is 3. The van der Waals surface area contributed by atoms with Gasteiger partial charge in [0.2, 0.25) is 0 Å². The van der Waals surface area contributed by atoms with Crippen LogP contribution in [0.5, 0.6) is 0 Å². The lowest BCUT2D eigenvalue weighted by Crippen LogP contribution is -2.05. The van der Waals surface area contributed by atoms with Crippen LogP contribution in [0.4, 0.5) is 4.39 Å². The molecule has 0 aliphatic rings. The third-order valence-corrected chi connectivity index (χ3v) is 2.78. The topological polar surface area (TPSA) is 30.7 Å². The average Bonchev–Trinajstić information content (AvgIpc) is 2.73. The molecule has 3 nitrogen and oxygen atoms in total. The summed E-state index contributed by atoms with van der Waals surface area (Å²) in [6, 6.07) is 6.16. The quantitative estimate of drug-likeness (QED) is 0.786. The fourth-order valence-corrected chi connectivity index (χ4v) is 1.96. The molecule has 0 amide bonds. The van der Waals surface area contributed by atoms with Gasteiger partial charge in [-0.05, 0) is 30.2 Å². The molecule has 0 spiro atoms. The maximum Gasteiger partial charge on any atom is 0.123 e. The SMILES string of the molecule is CC(C)c1c(CCl)nnn1-c1ccc(F)cc1. The minimum absolute atomic E-state index is 0.254. The largest absolute Gasteiger partial charge is 0.217 e. The Bertz CT molecular complexity index is 505. The second-order valence-electron chi connectivity index (χ2n) is 4.10. The number of nitrogens with zero attached hydrogens (tertiary/aromatic N) is 3. The van der Waals surface area contributed by atoms with Gasteiger partial charge in [-0.15, -0.1) is 16.7 Å². The van der Waals surface area contributed by atoms with Crippen molar-refractivity contribution in [1.82, 2.24) is 15.0 Å². The van der Waals surface area contributed by atoms with E-state index in [0.29, 0.717) is 5.88 Å². The molecular formula is C12H13ClFN3. The smallest absolute Gasteiger partial charge is 0.123 e. The molecule has 1 aromatic carbocycles. The Balaban J connectivity index is 2.51. The first-order chi connectivity index (χ1) is 8.13. The molecule has 2 rings (SSSR count). The molecule has 0 aliphatic heterocycles. The summed E-state index contributed by atoms with van der Waals surface area (Å²) in [5, 5.41) is 8.11. The number of halogens is 2. The molecule has 0 fully saturated rings. The van der Waals surface area contributed by atoms with Crippen molar-refractivity contribution < 1.29 is 4.39 Å². The molecular weight excluding hydrogens is 241 g/mol.